The average Bonchev–Trinajstić information content (AvgIpc) is 3.05. The van der Waals surface area contributed by atoms with Crippen LogP contribution in [0, 0.1) is 0 Å². The van der Waals surface area contributed by atoms with Gasteiger partial charge in [0.15, 0.2) is 5.17 Å². The van der Waals surface area contributed by atoms with Crippen molar-refractivity contribution in [3.8, 4) is 11.5 Å². The van der Waals surface area contributed by atoms with E-state index in [1.54, 1.807) is 23.1 Å². The summed E-state index contributed by atoms with van der Waals surface area (Å²) < 4.78 is 12.2. The van der Waals surface area contributed by atoms with Crippen molar-refractivity contribution in [3.63, 3.8) is 0 Å². The summed E-state index contributed by atoms with van der Waals surface area (Å²) in [7, 11) is 0. The van der Waals surface area contributed by atoms with E-state index in [0.717, 1.165) is 10.0 Å². The summed E-state index contributed by atoms with van der Waals surface area (Å²) in [6.07, 6.45) is 1.79. The first-order valence-corrected chi connectivity index (χ1v) is 11.7. The zero-order valence-electron chi connectivity index (χ0n) is 17.9. The summed E-state index contributed by atoms with van der Waals surface area (Å²) in [6, 6.07) is 9.89. The van der Waals surface area contributed by atoms with Gasteiger partial charge in [-0.15, -0.1) is 0 Å². The van der Waals surface area contributed by atoms with Crippen molar-refractivity contribution in [1.29, 1.82) is 0 Å². The van der Waals surface area contributed by atoms with Gasteiger partial charge in [-0.2, -0.15) is 0 Å². The first-order chi connectivity index (χ1) is 15.4. The Labute approximate surface area is 199 Å². The molecule has 1 heterocycles. The smallest absolute Gasteiger partial charge is 0.335 e. The molecule has 0 atom stereocenters. The molecular weight excluding hydrogens is 496 g/mol. The number of carbonyl (C=O) groups is 2. The Balaban J connectivity index is 1.96. The molecule has 1 N–H and O–H groups in total. The Morgan fingerprint density at radius 2 is 1.78 bits per heavy atom. The number of amides is 1. The van der Waals surface area contributed by atoms with Crippen molar-refractivity contribution < 1.29 is 24.2 Å². The second kappa shape index (κ2) is 10.7. The van der Waals surface area contributed by atoms with E-state index in [9.17, 15) is 9.59 Å². The summed E-state index contributed by atoms with van der Waals surface area (Å²) in [4.78, 5) is 30.7. The Morgan fingerprint density at radius 3 is 2.38 bits per heavy atom. The normalized spacial score (nSPS) is 16.1. The van der Waals surface area contributed by atoms with Crippen molar-refractivity contribution in [2.24, 2.45) is 4.99 Å². The zero-order chi connectivity index (χ0) is 23.3. The molecule has 9 heteroatoms. The maximum absolute atomic E-state index is 13.0. The summed E-state index contributed by atoms with van der Waals surface area (Å²) in [6.45, 7) is 7.15. The molecule has 0 radical (unpaired) electrons. The van der Waals surface area contributed by atoms with E-state index in [2.05, 4.69) is 20.9 Å². The highest BCUT2D eigenvalue weighted by molar-refractivity contribution is 9.10. The van der Waals surface area contributed by atoms with Crippen LogP contribution in [0.5, 0.6) is 11.5 Å². The van der Waals surface area contributed by atoms with E-state index in [4.69, 9.17) is 14.6 Å². The number of halogens is 1. The number of benzene rings is 2. The number of thioether (sulfide) groups is 1. The van der Waals surface area contributed by atoms with E-state index >= 15 is 0 Å². The molecule has 0 unspecified atom stereocenters. The minimum atomic E-state index is -0.998. The zero-order valence-corrected chi connectivity index (χ0v) is 20.3. The highest BCUT2D eigenvalue weighted by Crippen LogP contribution is 2.38. The highest BCUT2D eigenvalue weighted by atomic mass is 79.9. The van der Waals surface area contributed by atoms with Gasteiger partial charge in [0.05, 0.1) is 33.8 Å². The Morgan fingerprint density at radius 1 is 1.12 bits per heavy atom. The summed E-state index contributed by atoms with van der Waals surface area (Å²) >= 11 is 4.79. The third-order valence-electron chi connectivity index (χ3n) is 4.49. The number of ether oxygens (including phenoxy) is 2. The number of carboxylic acid groups (broad SMARTS) is 1. The van der Waals surface area contributed by atoms with Gasteiger partial charge in [0.2, 0.25) is 0 Å². The SMILES string of the molecule is CCOc1cc(OCC)c(C=C2SC(=Nc3ccc(C(=O)O)cc3)N(CC)C2=O)cc1Br. The molecule has 1 saturated heterocycles. The monoisotopic (exact) mass is 518 g/mol. The van der Waals surface area contributed by atoms with Gasteiger partial charge in [0, 0.05) is 18.2 Å². The van der Waals surface area contributed by atoms with Crippen LogP contribution in [0.15, 0.2) is 50.8 Å². The molecule has 0 saturated carbocycles. The van der Waals surface area contributed by atoms with E-state index < -0.39 is 5.97 Å². The molecule has 0 aliphatic carbocycles. The van der Waals surface area contributed by atoms with Crippen molar-refractivity contribution in [2.45, 2.75) is 20.8 Å². The quantitative estimate of drug-likeness (QED) is 0.459. The van der Waals surface area contributed by atoms with Crippen LogP contribution in [-0.2, 0) is 4.79 Å². The standard InChI is InChI=1S/C23H23BrN2O5S/c1-4-26-21(27)20(32-23(26)25-16-9-7-14(8-10-16)22(28)29)12-15-11-17(24)19(31-6-3)13-18(15)30-5-2/h7-13H,4-6H2,1-3H3,(H,28,29). The van der Waals surface area contributed by atoms with Gasteiger partial charge < -0.3 is 14.6 Å². The van der Waals surface area contributed by atoms with Gasteiger partial charge >= 0.3 is 5.97 Å². The number of hydrogen-bond acceptors (Lipinski definition) is 6. The van der Waals surface area contributed by atoms with Gasteiger partial charge in [-0.25, -0.2) is 9.79 Å². The fraction of sp³-hybridized carbons (Fsp3) is 0.261. The lowest BCUT2D eigenvalue weighted by Gasteiger charge is -2.13. The van der Waals surface area contributed by atoms with E-state index in [0.29, 0.717) is 47.0 Å². The number of carboxylic acids is 1. The molecule has 0 spiro atoms. The van der Waals surface area contributed by atoms with E-state index in [1.807, 2.05) is 32.9 Å². The number of nitrogens with zero attached hydrogens (tertiary/aromatic N) is 2. The molecule has 0 bridgehead atoms. The van der Waals surface area contributed by atoms with Crippen LogP contribution in [0.25, 0.3) is 6.08 Å². The molecule has 32 heavy (non-hydrogen) atoms. The molecule has 168 valence electrons. The Kier molecular flexibility index (Phi) is 7.98. The second-order valence-electron chi connectivity index (χ2n) is 6.59. The van der Waals surface area contributed by atoms with Gasteiger partial charge in [0.1, 0.15) is 11.5 Å². The van der Waals surface area contributed by atoms with Crippen molar-refractivity contribution in [2.75, 3.05) is 19.8 Å². The molecule has 1 amide bonds. The minimum absolute atomic E-state index is 0.147. The van der Waals surface area contributed by atoms with Crippen LogP contribution in [-0.4, -0.2) is 46.8 Å². The summed E-state index contributed by atoms with van der Waals surface area (Å²) in [5, 5.41) is 9.59. The van der Waals surface area contributed by atoms with Crippen LogP contribution >= 0.6 is 27.7 Å². The fourth-order valence-corrected chi connectivity index (χ4v) is 4.54. The molecule has 1 aliphatic heterocycles. The molecule has 2 aromatic rings. The summed E-state index contributed by atoms with van der Waals surface area (Å²) in [5.41, 5.74) is 1.51. The van der Waals surface area contributed by atoms with Crippen LogP contribution in [0.1, 0.15) is 36.7 Å². The topological polar surface area (TPSA) is 88.4 Å². The maximum atomic E-state index is 13.0. The molecular formula is C23H23BrN2O5S. The predicted molar refractivity (Wildman–Crippen MR) is 130 cm³/mol. The van der Waals surface area contributed by atoms with Crippen LogP contribution in [0.2, 0.25) is 0 Å². The van der Waals surface area contributed by atoms with Gasteiger partial charge in [-0.3, -0.25) is 9.69 Å². The van der Waals surface area contributed by atoms with E-state index in [-0.39, 0.29) is 11.5 Å². The largest absolute Gasteiger partial charge is 0.493 e. The molecule has 1 fully saturated rings. The highest BCUT2D eigenvalue weighted by Gasteiger charge is 2.32. The number of hydrogen-bond donors (Lipinski definition) is 1. The summed E-state index contributed by atoms with van der Waals surface area (Å²) in [5.74, 6) is 0.149. The number of likely N-dealkylation sites (N-methyl/N-ethyl adjacent to an activating group) is 1. The Bertz CT molecular complexity index is 1080. The van der Waals surface area contributed by atoms with Gasteiger partial charge in [-0.1, -0.05) is 0 Å². The number of rotatable bonds is 8. The number of carbonyl (C=O) groups excluding carboxylic acids is 1. The first-order valence-electron chi connectivity index (χ1n) is 10.1. The van der Waals surface area contributed by atoms with Crippen molar-refractivity contribution in [3.05, 3.63) is 56.9 Å². The van der Waals surface area contributed by atoms with Gasteiger partial charge in [0.25, 0.3) is 5.91 Å². The first kappa shape index (κ1) is 23.9. The van der Waals surface area contributed by atoms with Crippen LogP contribution in [0.4, 0.5) is 5.69 Å². The minimum Gasteiger partial charge on any atom is -0.493 e. The lowest BCUT2D eigenvalue weighted by Crippen LogP contribution is -2.28. The molecule has 7 nitrogen and oxygen atoms in total. The van der Waals surface area contributed by atoms with Crippen LogP contribution in [0.3, 0.4) is 0 Å². The lowest BCUT2D eigenvalue weighted by molar-refractivity contribution is -0.122. The maximum Gasteiger partial charge on any atom is 0.335 e. The number of aromatic carboxylic acids is 1. The van der Waals surface area contributed by atoms with E-state index in [1.165, 1.54) is 23.9 Å². The Hall–Kier alpha value is -2.78. The fourth-order valence-electron chi connectivity index (χ4n) is 3.01. The molecule has 1 aliphatic rings. The van der Waals surface area contributed by atoms with Crippen molar-refractivity contribution >= 4 is 56.5 Å². The number of amidine groups is 1. The average molecular weight is 519 g/mol. The third-order valence-corrected chi connectivity index (χ3v) is 6.12. The second-order valence-corrected chi connectivity index (χ2v) is 8.46. The van der Waals surface area contributed by atoms with Crippen LogP contribution < -0.4 is 9.47 Å². The lowest BCUT2D eigenvalue weighted by atomic mass is 10.1. The molecule has 2 aromatic carbocycles. The molecule has 3 rings (SSSR count). The van der Waals surface area contributed by atoms with Crippen molar-refractivity contribution in [1.82, 2.24) is 4.90 Å². The third kappa shape index (κ3) is 5.34. The van der Waals surface area contributed by atoms with Gasteiger partial charge in [-0.05, 0) is 84.9 Å². The molecule has 0 aromatic heterocycles. The number of aliphatic imine (C=N–C) groups is 1. The predicted octanol–water partition coefficient (Wildman–Crippen LogP) is 5.57.